The maximum atomic E-state index is 2.39. The number of rotatable bonds is 4. The SMILES string of the molecule is c1ccc2cc(-c3ccc(-n4c5ccccc5c5cc(-c6ccc(-c7cccc8ccccc78)cc6)ccc54)cc3)ccc2c1. The minimum atomic E-state index is 1.16. The Morgan fingerprint density at radius 1 is 0.289 bits per heavy atom. The predicted molar refractivity (Wildman–Crippen MR) is 192 cm³/mol. The molecule has 1 heteroatoms. The zero-order chi connectivity index (χ0) is 29.7. The standard InChI is InChI=1S/C44H29N/c1-2-10-35-28-36(21-18-30(35)8-1)32-22-25-38(26-23-32)45-43-15-6-5-13-41(43)42-29-37(24-27-44(42)45)31-16-19-34(20-17-31)40-14-7-11-33-9-3-4-12-39(33)40/h1-29H. The van der Waals surface area contributed by atoms with Gasteiger partial charge in [-0.2, -0.15) is 0 Å². The molecule has 0 spiro atoms. The first-order chi connectivity index (χ1) is 22.3. The van der Waals surface area contributed by atoms with Crippen molar-refractivity contribution < 1.29 is 0 Å². The third-order valence-corrected chi connectivity index (χ3v) is 9.20. The van der Waals surface area contributed by atoms with E-state index in [0.717, 1.165) is 5.69 Å². The Balaban J connectivity index is 1.10. The zero-order valence-electron chi connectivity index (χ0n) is 24.7. The second-order valence-electron chi connectivity index (χ2n) is 11.8. The van der Waals surface area contributed by atoms with Crippen LogP contribution in [-0.2, 0) is 0 Å². The fourth-order valence-electron chi connectivity index (χ4n) is 6.92. The number of para-hydroxylation sites is 1. The van der Waals surface area contributed by atoms with Gasteiger partial charge in [-0.15, -0.1) is 0 Å². The molecule has 45 heavy (non-hydrogen) atoms. The van der Waals surface area contributed by atoms with E-state index < -0.39 is 0 Å². The van der Waals surface area contributed by atoms with Gasteiger partial charge in [0.15, 0.2) is 0 Å². The molecule has 210 valence electrons. The highest BCUT2D eigenvalue weighted by atomic mass is 15.0. The normalized spacial score (nSPS) is 11.6. The summed E-state index contributed by atoms with van der Waals surface area (Å²) in [5.41, 5.74) is 11.0. The second-order valence-corrected chi connectivity index (χ2v) is 11.8. The molecular weight excluding hydrogens is 542 g/mol. The van der Waals surface area contributed by atoms with Gasteiger partial charge in [0, 0.05) is 16.5 Å². The first-order valence-corrected chi connectivity index (χ1v) is 15.5. The van der Waals surface area contributed by atoms with Crippen LogP contribution in [0.2, 0.25) is 0 Å². The zero-order valence-corrected chi connectivity index (χ0v) is 24.7. The number of hydrogen-bond donors (Lipinski definition) is 0. The van der Waals surface area contributed by atoms with Gasteiger partial charge in [-0.1, -0.05) is 140 Å². The number of fused-ring (bicyclic) bond motifs is 5. The lowest BCUT2D eigenvalue weighted by molar-refractivity contribution is 1.18. The van der Waals surface area contributed by atoms with Crippen LogP contribution < -0.4 is 0 Å². The molecule has 0 fully saturated rings. The molecule has 0 aliphatic rings. The minimum Gasteiger partial charge on any atom is -0.309 e. The molecule has 0 aliphatic carbocycles. The average Bonchev–Trinajstić information content (AvgIpc) is 3.45. The molecular formula is C44H29N. The van der Waals surface area contributed by atoms with Crippen molar-refractivity contribution in [1.82, 2.24) is 4.57 Å². The smallest absolute Gasteiger partial charge is 0.0541 e. The molecule has 0 unspecified atom stereocenters. The maximum Gasteiger partial charge on any atom is 0.0541 e. The first kappa shape index (κ1) is 25.6. The van der Waals surface area contributed by atoms with Crippen molar-refractivity contribution in [3.63, 3.8) is 0 Å². The number of nitrogens with zero attached hydrogens (tertiary/aromatic N) is 1. The molecule has 1 heterocycles. The van der Waals surface area contributed by atoms with Crippen molar-refractivity contribution in [3.05, 3.63) is 176 Å². The highest BCUT2D eigenvalue weighted by Crippen LogP contribution is 2.36. The van der Waals surface area contributed by atoms with E-state index in [4.69, 9.17) is 0 Å². The van der Waals surface area contributed by atoms with Gasteiger partial charge >= 0.3 is 0 Å². The van der Waals surface area contributed by atoms with E-state index in [2.05, 4.69) is 180 Å². The Morgan fingerprint density at radius 3 is 1.67 bits per heavy atom. The lowest BCUT2D eigenvalue weighted by Gasteiger charge is -2.11. The average molecular weight is 572 g/mol. The number of aromatic nitrogens is 1. The molecule has 9 rings (SSSR count). The van der Waals surface area contributed by atoms with Crippen LogP contribution >= 0.6 is 0 Å². The summed E-state index contributed by atoms with van der Waals surface area (Å²) < 4.78 is 2.39. The van der Waals surface area contributed by atoms with Crippen LogP contribution in [0.3, 0.4) is 0 Å². The lowest BCUT2D eigenvalue weighted by atomic mass is 9.96. The third kappa shape index (κ3) is 4.32. The van der Waals surface area contributed by atoms with Crippen LogP contribution in [0.5, 0.6) is 0 Å². The Labute approximate surface area is 262 Å². The van der Waals surface area contributed by atoms with Gasteiger partial charge in [0.05, 0.1) is 11.0 Å². The van der Waals surface area contributed by atoms with Gasteiger partial charge in [0.25, 0.3) is 0 Å². The minimum absolute atomic E-state index is 1.16. The van der Waals surface area contributed by atoms with Crippen molar-refractivity contribution in [2.24, 2.45) is 0 Å². The molecule has 0 aliphatic heterocycles. The summed E-state index contributed by atoms with van der Waals surface area (Å²) >= 11 is 0. The molecule has 1 nitrogen and oxygen atoms in total. The Morgan fingerprint density at radius 2 is 0.844 bits per heavy atom. The second kappa shape index (κ2) is 10.4. The van der Waals surface area contributed by atoms with Crippen molar-refractivity contribution in [2.75, 3.05) is 0 Å². The van der Waals surface area contributed by atoms with Gasteiger partial charge in [0.2, 0.25) is 0 Å². The number of benzene rings is 8. The van der Waals surface area contributed by atoms with E-state index in [-0.39, 0.29) is 0 Å². The molecule has 0 amide bonds. The van der Waals surface area contributed by atoms with E-state index in [1.54, 1.807) is 0 Å². The van der Waals surface area contributed by atoms with Gasteiger partial charge in [-0.05, 0) is 91.3 Å². The monoisotopic (exact) mass is 571 g/mol. The highest BCUT2D eigenvalue weighted by Gasteiger charge is 2.14. The summed E-state index contributed by atoms with van der Waals surface area (Å²) in [5, 5.41) is 7.61. The van der Waals surface area contributed by atoms with Crippen LogP contribution in [0.15, 0.2) is 176 Å². The quantitative estimate of drug-likeness (QED) is 0.198. The topological polar surface area (TPSA) is 4.93 Å². The molecule has 0 bridgehead atoms. The van der Waals surface area contributed by atoms with Gasteiger partial charge in [-0.25, -0.2) is 0 Å². The molecule has 9 aromatic rings. The fraction of sp³-hybridized carbons (Fsp3) is 0. The van der Waals surface area contributed by atoms with E-state index in [9.17, 15) is 0 Å². The van der Waals surface area contributed by atoms with Gasteiger partial charge in [-0.3, -0.25) is 0 Å². The van der Waals surface area contributed by atoms with Crippen molar-refractivity contribution in [1.29, 1.82) is 0 Å². The lowest BCUT2D eigenvalue weighted by Crippen LogP contribution is -1.93. The Bertz CT molecular complexity index is 2510. The molecule has 0 saturated carbocycles. The Hall–Kier alpha value is -5.92. The predicted octanol–water partition coefficient (Wildman–Crippen LogP) is 12.1. The molecule has 0 atom stereocenters. The number of hydrogen-bond acceptors (Lipinski definition) is 0. The van der Waals surface area contributed by atoms with E-state index in [1.807, 2.05) is 0 Å². The summed E-state index contributed by atoms with van der Waals surface area (Å²) in [6.07, 6.45) is 0. The molecule has 8 aromatic carbocycles. The van der Waals surface area contributed by atoms with Gasteiger partial charge < -0.3 is 4.57 Å². The summed E-state index contributed by atoms with van der Waals surface area (Å²) in [6, 6.07) is 64.0. The summed E-state index contributed by atoms with van der Waals surface area (Å²) in [7, 11) is 0. The van der Waals surface area contributed by atoms with Crippen LogP contribution in [0, 0.1) is 0 Å². The largest absolute Gasteiger partial charge is 0.309 e. The van der Waals surface area contributed by atoms with E-state index in [1.165, 1.54) is 76.7 Å². The van der Waals surface area contributed by atoms with Crippen LogP contribution in [-0.4, -0.2) is 4.57 Å². The third-order valence-electron chi connectivity index (χ3n) is 9.20. The van der Waals surface area contributed by atoms with Gasteiger partial charge in [0.1, 0.15) is 0 Å². The van der Waals surface area contributed by atoms with E-state index in [0.29, 0.717) is 0 Å². The first-order valence-electron chi connectivity index (χ1n) is 15.5. The van der Waals surface area contributed by atoms with Crippen LogP contribution in [0.1, 0.15) is 0 Å². The summed E-state index contributed by atoms with van der Waals surface area (Å²) in [5.74, 6) is 0. The summed E-state index contributed by atoms with van der Waals surface area (Å²) in [6.45, 7) is 0. The van der Waals surface area contributed by atoms with Crippen LogP contribution in [0.4, 0.5) is 0 Å². The summed E-state index contributed by atoms with van der Waals surface area (Å²) in [4.78, 5) is 0. The van der Waals surface area contributed by atoms with Crippen LogP contribution in [0.25, 0.3) is 82.4 Å². The van der Waals surface area contributed by atoms with Crippen molar-refractivity contribution >= 4 is 43.4 Å². The molecule has 1 aromatic heterocycles. The van der Waals surface area contributed by atoms with Crippen molar-refractivity contribution in [2.45, 2.75) is 0 Å². The Kier molecular flexibility index (Phi) is 5.89. The highest BCUT2D eigenvalue weighted by molar-refractivity contribution is 6.10. The molecule has 0 saturated heterocycles. The fourth-order valence-corrected chi connectivity index (χ4v) is 6.92. The van der Waals surface area contributed by atoms with E-state index >= 15 is 0 Å². The molecule has 0 radical (unpaired) electrons. The maximum absolute atomic E-state index is 2.39. The van der Waals surface area contributed by atoms with Crippen molar-refractivity contribution in [3.8, 4) is 39.1 Å². The molecule has 0 N–H and O–H groups in total.